The summed E-state index contributed by atoms with van der Waals surface area (Å²) in [6.45, 7) is 0. The van der Waals surface area contributed by atoms with E-state index < -0.39 is 0 Å². The van der Waals surface area contributed by atoms with Crippen molar-refractivity contribution in [2.24, 2.45) is 0 Å². The SMILES string of the molecule is c1ccc(-c2ccccc2-c2nc(-c3ccc(-c4cc5ccccc5o4)cc3)nc(-c3ccc(-c4c5ccccc5c(-c5ccccc5)c5ccccc45)cc3)n2)cc1. The molecule has 0 aliphatic heterocycles. The van der Waals surface area contributed by atoms with Gasteiger partial charge in [0.25, 0.3) is 0 Å². The zero-order valence-corrected chi connectivity index (χ0v) is 32.0. The van der Waals surface area contributed by atoms with Gasteiger partial charge in [0.1, 0.15) is 11.3 Å². The summed E-state index contributed by atoms with van der Waals surface area (Å²) in [5.74, 6) is 2.64. The van der Waals surface area contributed by atoms with Gasteiger partial charge < -0.3 is 4.42 Å². The lowest BCUT2D eigenvalue weighted by atomic mass is 9.86. The Morgan fingerprint density at radius 2 is 0.695 bits per heavy atom. The summed E-state index contributed by atoms with van der Waals surface area (Å²) in [6.07, 6.45) is 0. The van der Waals surface area contributed by atoms with Gasteiger partial charge in [-0.05, 0) is 67.1 Å². The van der Waals surface area contributed by atoms with Crippen molar-refractivity contribution < 1.29 is 4.42 Å². The van der Waals surface area contributed by atoms with Crippen molar-refractivity contribution in [3.63, 3.8) is 0 Å². The van der Waals surface area contributed by atoms with E-state index in [2.05, 4.69) is 182 Å². The van der Waals surface area contributed by atoms with Crippen molar-refractivity contribution >= 4 is 32.5 Å². The Morgan fingerprint density at radius 3 is 1.25 bits per heavy atom. The highest BCUT2D eigenvalue weighted by Gasteiger charge is 2.19. The summed E-state index contributed by atoms with van der Waals surface area (Å²) in [6, 6.07) is 74.0. The Kier molecular flexibility index (Phi) is 8.45. The molecule has 0 fully saturated rings. The molecule has 0 aliphatic rings. The molecule has 0 aliphatic carbocycles. The summed E-state index contributed by atoms with van der Waals surface area (Å²) >= 11 is 0. The van der Waals surface area contributed by atoms with E-state index in [0.717, 1.165) is 55.7 Å². The monoisotopic (exact) mass is 753 g/mol. The fourth-order valence-electron chi connectivity index (χ4n) is 8.35. The maximum Gasteiger partial charge on any atom is 0.164 e. The molecule has 0 saturated heterocycles. The molecule has 11 rings (SSSR count). The van der Waals surface area contributed by atoms with E-state index in [-0.39, 0.29) is 0 Å². The lowest BCUT2D eigenvalue weighted by Gasteiger charge is -2.18. The standard InChI is InChI=1S/C55H35N3O/c1-3-15-36(16-4-1)43-20-8-13-25-48(43)55-57-53(40-31-27-37(28-32-40)50-35-42-19-7-14-26-49(42)59-50)56-54(58-55)41-33-29-39(30-34-41)52-46-23-11-9-21-44(46)51(38-17-5-2-6-18-38)45-22-10-12-24-47(45)52/h1-35H. The lowest BCUT2D eigenvalue weighted by Crippen LogP contribution is -2.01. The highest BCUT2D eigenvalue weighted by atomic mass is 16.3. The number of benzene rings is 9. The lowest BCUT2D eigenvalue weighted by molar-refractivity contribution is 0.631. The summed E-state index contributed by atoms with van der Waals surface area (Å²) < 4.78 is 6.18. The molecule has 0 amide bonds. The van der Waals surface area contributed by atoms with Crippen LogP contribution in [0.2, 0.25) is 0 Å². The van der Waals surface area contributed by atoms with E-state index in [4.69, 9.17) is 19.4 Å². The van der Waals surface area contributed by atoms with Gasteiger partial charge in [-0.2, -0.15) is 0 Å². The zero-order chi connectivity index (χ0) is 39.1. The van der Waals surface area contributed by atoms with Crippen molar-refractivity contribution in [1.82, 2.24) is 15.0 Å². The molecule has 0 saturated carbocycles. The maximum absolute atomic E-state index is 6.18. The Hall–Kier alpha value is -7.95. The second kappa shape index (κ2) is 14.5. The van der Waals surface area contributed by atoms with E-state index >= 15 is 0 Å². The van der Waals surface area contributed by atoms with Crippen LogP contribution >= 0.6 is 0 Å². The first-order valence-electron chi connectivity index (χ1n) is 19.9. The van der Waals surface area contributed by atoms with Crippen molar-refractivity contribution in [2.45, 2.75) is 0 Å². The van der Waals surface area contributed by atoms with Crippen molar-refractivity contribution in [3.8, 4) is 78.9 Å². The van der Waals surface area contributed by atoms with Gasteiger partial charge in [0.2, 0.25) is 0 Å². The topological polar surface area (TPSA) is 51.8 Å². The van der Waals surface area contributed by atoms with Crippen molar-refractivity contribution in [1.29, 1.82) is 0 Å². The fourth-order valence-corrected chi connectivity index (χ4v) is 8.35. The van der Waals surface area contributed by atoms with Crippen molar-refractivity contribution in [3.05, 3.63) is 212 Å². The smallest absolute Gasteiger partial charge is 0.164 e. The number of rotatable bonds is 7. The molecule has 2 heterocycles. The number of hydrogen-bond donors (Lipinski definition) is 0. The first-order valence-corrected chi connectivity index (χ1v) is 19.9. The van der Waals surface area contributed by atoms with E-state index in [1.54, 1.807) is 0 Å². The third-order valence-corrected chi connectivity index (χ3v) is 11.2. The second-order valence-corrected chi connectivity index (χ2v) is 14.7. The molecule has 276 valence electrons. The molecule has 9 aromatic carbocycles. The van der Waals surface area contributed by atoms with E-state index in [1.165, 1.54) is 38.2 Å². The predicted molar refractivity (Wildman–Crippen MR) is 243 cm³/mol. The van der Waals surface area contributed by atoms with Crippen LogP contribution in [0.25, 0.3) is 111 Å². The average molecular weight is 754 g/mol. The first kappa shape index (κ1) is 34.3. The van der Waals surface area contributed by atoms with Gasteiger partial charge in [-0.1, -0.05) is 200 Å². The molecule has 0 spiro atoms. The number of nitrogens with zero attached hydrogens (tertiary/aromatic N) is 3. The van der Waals surface area contributed by atoms with Gasteiger partial charge in [-0.25, -0.2) is 15.0 Å². The van der Waals surface area contributed by atoms with Crippen molar-refractivity contribution in [2.75, 3.05) is 0 Å². The number of para-hydroxylation sites is 1. The zero-order valence-electron chi connectivity index (χ0n) is 32.0. The Balaban J connectivity index is 1.04. The molecule has 0 radical (unpaired) electrons. The van der Waals surface area contributed by atoms with Crippen LogP contribution < -0.4 is 0 Å². The highest BCUT2D eigenvalue weighted by molar-refractivity contribution is 6.21. The van der Waals surface area contributed by atoms with E-state index in [9.17, 15) is 0 Å². The Bertz CT molecular complexity index is 3210. The van der Waals surface area contributed by atoms with Gasteiger partial charge >= 0.3 is 0 Å². The van der Waals surface area contributed by atoms with Gasteiger partial charge in [0.05, 0.1) is 0 Å². The van der Waals surface area contributed by atoms with Gasteiger partial charge in [-0.15, -0.1) is 0 Å². The molecule has 4 nitrogen and oxygen atoms in total. The fraction of sp³-hybridized carbons (Fsp3) is 0. The normalized spacial score (nSPS) is 11.4. The van der Waals surface area contributed by atoms with Crippen LogP contribution in [0.3, 0.4) is 0 Å². The number of hydrogen-bond acceptors (Lipinski definition) is 4. The van der Waals surface area contributed by atoms with Gasteiger partial charge in [0, 0.05) is 27.6 Å². The molecule has 11 aromatic rings. The average Bonchev–Trinajstić information content (AvgIpc) is 3.76. The minimum absolute atomic E-state index is 0.599. The summed E-state index contributed by atoms with van der Waals surface area (Å²) in [7, 11) is 0. The maximum atomic E-state index is 6.18. The highest BCUT2D eigenvalue weighted by Crippen LogP contribution is 2.44. The molecule has 2 aromatic heterocycles. The molecule has 0 unspecified atom stereocenters. The number of furan rings is 1. The number of aromatic nitrogens is 3. The molecule has 4 heteroatoms. The molecule has 59 heavy (non-hydrogen) atoms. The van der Waals surface area contributed by atoms with Crippen LogP contribution in [0.4, 0.5) is 0 Å². The Labute approximate surface area is 341 Å². The molecule has 0 bridgehead atoms. The van der Waals surface area contributed by atoms with Crippen LogP contribution in [0.15, 0.2) is 217 Å². The third-order valence-electron chi connectivity index (χ3n) is 11.2. The van der Waals surface area contributed by atoms with Crippen LogP contribution in [-0.2, 0) is 0 Å². The van der Waals surface area contributed by atoms with Crippen LogP contribution in [0.5, 0.6) is 0 Å². The molecule has 0 N–H and O–H groups in total. The van der Waals surface area contributed by atoms with Crippen LogP contribution in [0.1, 0.15) is 0 Å². The summed E-state index contributed by atoms with van der Waals surface area (Å²) in [5.41, 5.74) is 11.6. The molecular formula is C55H35N3O. The second-order valence-electron chi connectivity index (χ2n) is 14.7. The minimum atomic E-state index is 0.599. The molecular weight excluding hydrogens is 719 g/mol. The summed E-state index contributed by atoms with van der Waals surface area (Å²) in [5, 5.41) is 5.96. The third kappa shape index (κ3) is 6.24. The quantitative estimate of drug-likeness (QED) is 0.152. The van der Waals surface area contributed by atoms with E-state index in [1.807, 2.05) is 30.3 Å². The largest absolute Gasteiger partial charge is 0.456 e. The molecule has 0 atom stereocenters. The van der Waals surface area contributed by atoms with E-state index in [0.29, 0.717) is 17.5 Å². The number of fused-ring (bicyclic) bond motifs is 3. The predicted octanol–water partition coefficient (Wildman–Crippen LogP) is 14.6. The van der Waals surface area contributed by atoms with Gasteiger partial charge in [-0.3, -0.25) is 0 Å². The van der Waals surface area contributed by atoms with Gasteiger partial charge in [0.15, 0.2) is 17.5 Å². The summed E-state index contributed by atoms with van der Waals surface area (Å²) in [4.78, 5) is 15.5. The first-order chi connectivity index (χ1) is 29.2. The van der Waals surface area contributed by atoms with Crippen LogP contribution in [0, 0.1) is 0 Å². The minimum Gasteiger partial charge on any atom is -0.456 e. The Morgan fingerprint density at radius 1 is 0.288 bits per heavy atom. The van der Waals surface area contributed by atoms with Crippen LogP contribution in [-0.4, -0.2) is 15.0 Å².